The Morgan fingerprint density at radius 3 is 2.62 bits per heavy atom. The second-order valence-corrected chi connectivity index (χ2v) is 10.1. The molecular formula is C19H21ClN4O4S. The van der Waals surface area contributed by atoms with Crippen LogP contribution in [0, 0.1) is 5.92 Å². The molecule has 29 heavy (non-hydrogen) atoms. The van der Waals surface area contributed by atoms with Gasteiger partial charge in [0.25, 0.3) is 0 Å². The van der Waals surface area contributed by atoms with Crippen molar-refractivity contribution in [3.05, 3.63) is 40.5 Å². The van der Waals surface area contributed by atoms with Gasteiger partial charge in [-0.25, -0.2) is 13.1 Å². The summed E-state index contributed by atoms with van der Waals surface area (Å²) in [5.41, 5.74) is 1.36. The molecule has 0 aliphatic carbocycles. The quantitative estimate of drug-likeness (QED) is 0.727. The number of hydrogen-bond donors (Lipinski definition) is 1. The molecule has 10 heteroatoms. The third-order valence-corrected chi connectivity index (χ3v) is 7.01. The van der Waals surface area contributed by atoms with Crippen molar-refractivity contribution < 1.29 is 18.0 Å². The minimum absolute atomic E-state index is 0.198. The van der Waals surface area contributed by atoms with Crippen LogP contribution in [-0.2, 0) is 30.9 Å². The molecule has 2 amide bonds. The second-order valence-electron chi connectivity index (χ2n) is 7.63. The first-order chi connectivity index (χ1) is 13.7. The van der Waals surface area contributed by atoms with E-state index in [1.807, 2.05) is 0 Å². The Morgan fingerprint density at radius 2 is 1.93 bits per heavy atom. The Labute approximate surface area is 173 Å². The third-order valence-electron chi connectivity index (χ3n) is 5.34. The van der Waals surface area contributed by atoms with E-state index >= 15 is 0 Å². The Bertz CT molecular complexity index is 1090. The number of rotatable bonds is 2. The molecule has 8 nitrogen and oxygen atoms in total. The van der Waals surface area contributed by atoms with Gasteiger partial charge in [-0.05, 0) is 37.0 Å². The molecule has 4 rings (SSSR count). The summed E-state index contributed by atoms with van der Waals surface area (Å²) in [5.74, 6) is -1.11. The zero-order valence-electron chi connectivity index (χ0n) is 15.9. The monoisotopic (exact) mass is 436 g/mol. The van der Waals surface area contributed by atoms with E-state index in [1.54, 1.807) is 24.3 Å². The van der Waals surface area contributed by atoms with Crippen LogP contribution in [0.1, 0.15) is 31.0 Å². The zero-order chi connectivity index (χ0) is 20.8. The van der Waals surface area contributed by atoms with E-state index < -0.39 is 21.7 Å². The molecule has 1 saturated heterocycles. The van der Waals surface area contributed by atoms with Crippen LogP contribution in [0.4, 0.5) is 5.82 Å². The molecule has 0 unspecified atom stereocenters. The van der Waals surface area contributed by atoms with Gasteiger partial charge in [-0.2, -0.15) is 5.10 Å². The maximum atomic E-state index is 12.7. The fourth-order valence-electron chi connectivity index (χ4n) is 3.68. The molecule has 0 spiro atoms. The normalized spacial score (nSPS) is 18.5. The molecule has 3 heterocycles. The molecule has 0 bridgehead atoms. The number of amides is 2. The molecule has 1 N–H and O–H groups in total. The highest BCUT2D eigenvalue weighted by atomic mass is 35.5. The van der Waals surface area contributed by atoms with Crippen molar-refractivity contribution in [3.63, 3.8) is 0 Å². The summed E-state index contributed by atoms with van der Waals surface area (Å²) in [5, 5.41) is 7.46. The number of fused-ring (bicyclic) bond motifs is 1. The van der Waals surface area contributed by atoms with Crippen LogP contribution in [0.3, 0.4) is 0 Å². The molecule has 0 saturated carbocycles. The summed E-state index contributed by atoms with van der Waals surface area (Å²) in [6.07, 6.45) is 1.71. The van der Waals surface area contributed by atoms with Crippen molar-refractivity contribution in [2.24, 2.45) is 5.92 Å². The summed E-state index contributed by atoms with van der Waals surface area (Å²) in [6, 6.07) is 6.83. The highest BCUT2D eigenvalue weighted by Gasteiger charge is 2.34. The number of piperidine rings is 1. The van der Waals surface area contributed by atoms with Crippen LogP contribution in [0.25, 0.3) is 5.69 Å². The Kier molecular flexibility index (Phi) is 5.12. The van der Waals surface area contributed by atoms with E-state index in [0.29, 0.717) is 41.0 Å². The zero-order valence-corrected chi connectivity index (χ0v) is 17.5. The predicted octanol–water partition coefficient (Wildman–Crippen LogP) is 2.15. The molecule has 0 atom stereocenters. The number of nitrogens with zero attached hydrogens (tertiary/aromatic N) is 3. The Balaban J connectivity index is 1.65. The number of carbonyl (C=O) groups excluding carboxylic acids is 2. The van der Waals surface area contributed by atoms with Gasteiger partial charge in [0.2, 0.25) is 0 Å². The van der Waals surface area contributed by atoms with Gasteiger partial charge in [-0.15, -0.1) is 0 Å². The van der Waals surface area contributed by atoms with Crippen molar-refractivity contribution in [2.75, 3.05) is 18.4 Å². The second kappa shape index (κ2) is 7.46. The lowest BCUT2D eigenvalue weighted by atomic mass is 9.99. The van der Waals surface area contributed by atoms with Crippen molar-refractivity contribution >= 4 is 39.1 Å². The summed E-state index contributed by atoms with van der Waals surface area (Å²) < 4.78 is 25.5. The van der Waals surface area contributed by atoms with Gasteiger partial charge >= 0.3 is 11.8 Å². The van der Waals surface area contributed by atoms with Crippen molar-refractivity contribution in [3.8, 4) is 5.69 Å². The SMILES string of the molecule is CC1CCN(C(=O)C(=O)Nc2c3c(nn2-c2cccc(Cl)c2)CS(=O)(=O)C3)CC1. The van der Waals surface area contributed by atoms with Crippen LogP contribution in [0.15, 0.2) is 24.3 Å². The largest absolute Gasteiger partial charge is 0.334 e. The predicted molar refractivity (Wildman–Crippen MR) is 109 cm³/mol. The van der Waals surface area contributed by atoms with Crippen LogP contribution in [-0.4, -0.2) is 48.0 Å². The lowest BCUT2D eigenvalue weighted by molar-refractivity contribution is -0.144. The van der Waals surface area contributed by atoms with E-state index in [9.17, 15) is 18.0 Å². The van der Waals surface area contributed by atoms with E-state index in [1.165, 1.54) is 9.58 Å². The number of sulfone groups is 1. The van der Waals surface area contributed by atoms with Crippen LogP contribution in [0.2, 0.25) is 5.02 Å². The molecule has 1 aromatic carbocycles. The Hall–Kier alpha value is -2.39. The van der Waals surface area contributed by atoms with Gasteiger partial charge in [-0.1, -0.05) is 24.6 Å². The van der Waals surface area contributed by atoms with Gasteiger partial charge in [-0.3, -0.25) is 9.59 Å². The number of anilines is 1. The Morgan fingerprint density at radius 1 is 1.21 bits per heavy atom. The standard InChI is InChI=1S/C19H21ClN4O4S/c1-12-5-7-23(8-6-12)19(26)18(25)21-17-15-10-29(27,28)11-16(15)22-24(17)14-4-2-3-13(20)9-14/h2-4,9,12H,5-8,10-11H2,1H3,(H,21,25). The average Bonchev–Trinajstić information content (AvgIpc) is 3.14. The first-order valence-corrected chi connectivity index (χ1v) is 11.6. The minimum Gasteiger partial charge on any atom is -0.334 e. The summed E-state index contributed by atoms with van der Waals surface area (Å²) in [4.78, 5) is 26.8. The number of nitrogens with one attached hydrogen (secondary N) is 1. The summed E-state index contributed by atoms with van der Waals surface area (Å²) in [7, 11) is -3.32. The van der Waals surface area contributed by atoms with Crippen molar-refractivity contribution in [2.45, 2.75) is 31.3 Å². The fourth-order valence-corrected chi connectivity index (χ4v) is 5.36. The third kappa shape index (κ3) is 4.02. The molecule has 1 fully saturated rings. The minimum atomic E-state index is -3.32. The molecule has 2 aliphatic heterocycles. The van der Waals surface area contributed by atoms with Gasteiger partial charge in [0, 0.05) is 23.7 Å². The van der Waals surface area contributed by atoms with Gasteiger partial charge in [0.15, 0.2) is 9.84 Å². The van der Waals surface area contributed by atoms with Gasteiger partial charge < -0.3 is 10.2 Å². The number of halogens is 1. The molecular weight excluding hydrogens is 416 g/mol. The summed E-state index contributed by atoms with van der Waals surface area (Å²) >= 11 is 6.07. The molecule has 154 valence electrons. The molecule has 0 radical (unpaired) electrons. The maximum absolute atomic E-state index is 12.7. The van der Waals surface area contributed by atoms with E-state index in [4.69, 9.17) is 11.6 Å². The van der Waals surface area contributed by atoms with E-state index in [0.717, 1.165) is 12.8 Å². The number of carbonyl (C=O) groups is 2. The smallest absolute Gasteiger partial charge is 0.315 e. The average molecular weight is 437 g/mol. The lowest BCUT2D eigenvalue weighted by Gasteiger charge is -2.29. The summed E-state index contributed by atoms with van der Waals surface area (Å²) in [6.45, 7) is 3.19. The number of hydrogen-bond acceptors (Lipinski definition) is 5. The molecule has 2 aliphatic rings. The highest BCUT2D eigenvalue weighted by molar-refractivity contribution is 7.90. The van der Waals surface area contributed by atoms with E-state index in [2.05, 4.69) is 17.3 Å². The van der Waals surface area contributed by atoms with Gasteiger partial charge in [0.1, 0.15) is 5.82 Å². The molecule has 1 aromatic heterocycles. The van der Waals surface area contributed by atoms with Crippen LogP contribution in [0.5, 0.6) is 0 Å². The van der Waals surface area contributed by atoms with Crippen molar-refractivity contribution in [1.82, 2.24) is 14.7 Å². The number of aromatic nitrogens is 2. The fraction of sp³-hybridized carbons (Fsp3) is 0.421. The number of likely N-dealkylation sites (tertiary alicyclic amines) is 1. The number of benzene rings is 1. The van der Waals surface area contributed by atoms with E-state index in [-0.39, 0.29) is 17.3 Å². The highest BCUT2D eigenvalue weighted by Crippen LogP contribution is 2.33. The maximum Gasteiger partial charge on any atom is 0.315 e. The first kappa shape index (κ1) is 19.9. The molecule has 2 aromatic rings. The van der Waals surface area contributed by atoms with Gasteiger partial charge in [0.05, 0.1) is 22.9 Å². The van der Waals surface area contributed by atoms with Crippen LogP contribution < -0.4 is 5.32 Å². The first-order valence-electron chi connectivity index (χ1n) is 9.41. The van der Waals surface area contributed by atoms with Crippen LogP contribution >= 0.6 is 11.6 Å². The lowest BCUT2D eigenvalue weighted by Crippen LogP contribution is -2.44. The van der Waals surface area contributed by atoms with Crippen molar-refractivity contribution in [1.29, 1.82) is 0 Å². The topological polar surface area (TPSA) is 101 Å².